The molecule has 8 nitrogen and oxygen atoms in total. The Morgan fingerprint density at radius 1 is 1.10 bits per heavy atom. The number of hydrogen-bond donors (Lipinski definition) is 2. The number of piperidine rings is 1. The third-order valence-electron chi connectivity index (χ3n) is 8.49. The fourth-order valence-electron chi connectivity index (χ4n) is 6.44. The SMILES string of the molecule is CCC[C@@H]1CCCCN1C(=O)c1cc(F)cc(-c2cccc(-n3ccc(C(O)O)c3[C@@H]3C[C@H]3c3cn(C)nn3)c2)c1. The Morgan fingerprint density at radius 2 is 1.95 bits per heavy atom. The van der Waals surface area contributed by atoms with Crippen molar-refractivity contribution >= 4 is 5.91 Å². The maximum absolute atomic E-state index is 14.9. The smallest absolute Gasteiger partial charge is 0.254 e. The number of aliphatic hydroxyl groups is 2. The first kappa shape index (κ1) is 27.4. The zero-order valence-corrected chi connectivity index (χ0v) is 23.4. The number of likely N-dealkylation sites (tertiary alicyclic amines) is 1. The lowest BCUT2D eigenvalue weighted by molar-refractivity contribution is -0.0431. The number of nitrogens with zero attached hydrogens (tertiary/aromatic N) is 5. The third-order valence-corrected chi connectivity index (χ3v) is 8.49. The number of aliphatic hydroxyl groups excluding tert-OH is 1. The molecule has 2 fully saturated rings. The number of amides is 1. The fraction of sp³-hybridized carbons (Fsp3) is 0.406. The maximum atomic E-state index is 14.9. The molecular weight excluding hydrogens is 521 g/mol. The van der Waals surface area contributed by atoms with Crippen LogP contribution in [0, 0.1) is 5.82 Å². The second-order valence-corrected chi connectivity index (χ2v) is 11.4. The molecule has 1 aliphatic heterocycles. The van der Waals surface area contributed by atoms with Crippen molar-refractivity contribution in [1.29, 1.82) is 0 Å². The summed E-state index contributed by atoms with van der Waals surface area (Å²) in [6, 6.07) is 14.2. The molecule has 214 valence electrons. The molecule has 4 aromatic rings. The van der Waals surface area contributed by atoms with E-state index in [1.54, 1.807) is 16.8 Å². The maximum Gasteiger partial charge on any atom is 0.254 e. The molecule has 0 bridgehead atoms. The van der Waals surface area contributed by atoms with Crippen LogP contribution >= 0.6 is 0 Å². The molecular formula is C32H36FN5O3. The van der Waals surface area contributed by atoms with Gasteiger partial charge in [0.15, 0.2) is 6.29 Å². The lowest BCUT2D eigenvalue weighted by Crippen LogP contribution is -2.43. The monoisotopic (exact) mass is 557 g/mol. The van der Waals surface area contributed by atoms with Gasteiger partial charge >= 0.3 is 0 Å². The van der Waals surface area contributed by atoms with E-state index in [4.69, 9.17) is 0 Å². The molecule has 1 saturated carbocycles. The van der Waals surface area contributed by atoms with Crippen LogP contribution in [0.3, 0.4) is 0 Å². The van der Waals surface area contributed by atoms with Gasteiger partial charge in [-0.25, -0.2) is 4.39 Å². The number of carbonyl (C=O) groups excluding carboxylic acids is 1. The number of aryl methyl sites for hydroxylation is 1. The molecule has 2 N–H and O–H groups in total. The van der Waals surface area contributed by atoms with Crippen molar-refractivity contribution in [3.05, 3.63) is 89.3 Å². The van der Waals surface area contributed by atoms with Crippen LogP contribution < -0.4 is 0 Å². The Balaban J connectivity index is 1.33. The summed E-state index contributed by atoms with van der Waals surface area (Å²) in [4.78, 5) is 15.5. The highest BCUT2D eigenvalue weighted by Gasteiger charge is 2.45. The molecule has 0 radical (unpaired) electrons. The number of aromatic nitrogens is 4. The van der Waals surface area contributed by atoms with Crippen LogP contribution in [0.25, 0.3) is 16.8 Å². The van der Waals surface area contributed by atoms with Crippen LogP contribution in [0.4, 0.5) is 4.39 Å². The predicted molar refractivity (Wildman–Crippen MR) is 153 cm³/mol. The minimum Gasteiger partial charge on any atom is -0.364 e. The molecule has 41 heavy (non-hydrogen) atoms. The summed E-state index contributed by atoms with van der Waals surface area (Å²) in [5.74, 6) is -0.363. The molecule has 1 saturated heterocycles. The van der Waals surface area contributed by atoms with Crippen molar-refractivity contribution in [2.45, 2.75) is 69.6 Å². The lowest BCUT2D eigenvalue weighted by Gasteiger charge is -2.36. The van der Waals surface area contributed by atoms with Gasteiger partial charge in [0.2, 0.25) is 0 Å². The molecule has 2 aromatic heterocycles. The van der Waals surface area contributed by atoms with Crippen molar-refractivity contribution < 1.29 is 19.4 Å². The quantitative estimate of drug-likeness (QED) is 0.281. The molecule has 2 aromatic carbocycles. The lowest BCUT2D eigenvalue weighted by atomic mass is 9.96. The Labute approximate surface area is 239 Å². The largest absolute Gasteiger partial charge is 0.364 e. The highest BCUT2D eigenvalue weighted by Crippen LogP contribution is 2.55. The first-order valence-electron chi connectivity index (χ1n) is 14.5. The minimum atomic E-state index is -1.61. The number of carbonyl (C=O) groups is 1. The minimum absolute atomic E-state index is 0.0566. The zero-order chi connectivity index (χ0) is 28.7. The number of hydrogen-bond acceptors (Lipinski definition) is 5. The average molecular weight is 558 g/mol. The van der Waals surface area contributed by atoms with E-state index in [1.807, 2.05) is 53.2 Å². The Morgan fingerprint density at radius 3 is 2.71 bits per heavy atom. The summed E-state index contributed by atoms with van der Waals surface area (Å²) >= 11 is 0. The molecule has 2 aliphatic rings. The predicted octanol–water partition coefficient (Wildman–Crippen LogP) is 5.46. The van der Waals surface area contributed by atoms with Gasteiger partial charge in [-0.05, 0) is 79.6 Å². The summed E-state index contributed by atoms with van der Waals surface area (Å²) in [6.07, 6.45) is 7.99. The van der Waals surface area contributed by atoms with Gasteiger partial charge < -0.3 is 19.7 Å². The van der Waals surface area contributed by atoms with Crippen molar-refractivity contribution in [3.8, 4) is 16.8 Å². The third kappa shape index (κ3) is 5.44. The molecule has 6 rings (SSSR count). The highest BCUT2D eigenvalue weighted by molar-refractivity contribution is 5.96. The fourth-order valence-corrected chi connectivity index (χ4v) is 6.44. The summed E-state index contributed by atoms with van der Waals surface area (Å²) in [7, 11) is 1.83. The van der Waals surface area contributed by atoms with E-state index in [9.17, 15) is 19.4 Å². The van der Waals surface area contributed by atoms with Gasteiger partial charge in [0, 0.05) is 66.4 Å². The van der Waals surface area contributed by atoms with Gasteiger partial charge in [0.25, 0.3) is 5.91 Å². The van der Waals surface area contributed by atoms with Gasteiger partial charge in [-0.3, -0.25) is 9.48 Å². The van der Waals surface area contributed by atoms with Gasteiger partial charge in [0.1, 0.15) is 5.82 Å². The van der Waals surface area contributed by atoms with Crippen molar-refractivity contribution in [2.75, 3.05) is 6.54 Å². The summed E-state index contributed by atoms with van der Waals surface area (Å²) < 4.78 is 18.6. The molecule has 3 atom stereocenters. The van der Waals surface area contributed by atoms with E-state index in [1.165, 1.54) is 12.1 Å². The van der Waals surface area contributed by atoms with Crippen LogP contribution in [-0.4, -0.2) is 53.2 Å². The number of benzene rings is 2. The van der Waals surface area contributed by atoms with E-state index < -0.39 is 12.1 Å². The Hall–Kier alpha value is -3.82. The topological polar surface area (TPSA) is 96.4 Å². The second kappa shape index (κ2) is 11.2. The van der Waals surface area contributed by atoms with Crippen LogP contribution in [0.5, 0.6) is 0 Å². The average Bonchev–Trinajstić information content (AvgIpc) is 3.41. The Bertz CT molecular complexity index is 1560. The van der Waals surface area contributed by atoms with E-state index in [0.29, 0.717) is 23.2 Å². The molecule has 3 heterocycles. The summed E-state index contributed by atoms with van der Waals surface area (Å²) in [5, 5.41) is 28.6. The molecule has 1 amide bonds. The molecule has 9 heteroatoms. The Kier molecular flexibility index (Phi) is 7.48. The number of rotatable bonds is 8. The first-order valence-corrected chi connectivity index (χ1v) is 14.5. The van der Waals surface area contributed by atoms with Crippen LogP contribution in [0.2, 0.25) is 0 Å². The molecule has 0 unspecified atom stereocenters. The van der Waals surface area contributed by atoms with Crippen molar-refractivity contribution in [3.63, 3.8) is 0 Å². The normalized spacial score (nSPS) is 20.5. The van der Waals surface area contributed by atoms with Crippen molar-refractivity contribution in [1.82, 2.24) is 24.5 Å². The van der Waals surface area contributed by atoms with Crippen molar-refractivity contribution in [2.24, 2.45) is 7.05 Å². The van der Waals surface area contributed by atoms with Crippen LogP contribution in [-0.2, 0) is 7.05 Å². The van der Waals surface area contributed by atoms with E-state index >= 15 is 0 Å². The first-order chi connectivity index (χ1) is 19.8. The van der Waals surface area contributed by atoms with Gasteiger partial charge in [-0.15, -0.1) is 5.10 Å². The van der Waals surface area contributed by atoms with E-state index in [-0.39, 0.29) is 23.8 Å². The summed E-state index contributed by atoms with van der Waals surface area (Å²) in [6.45, 7) is 2.83. The van der Waals surface area contributed by atoms with Gasteiger partial charge in [0.05, 0.1) is 5.69 Å². The summed E-state index contributed by atoms with van der Waals surface area (Å²) in [5.41, 5.74) is 4.72. The van der Waals surface area contributed by atoms with Crippen LogP contribution in [0.15, 0.2) is 60.9 Å². The number of halogens is 1. The molecule has 0 spiro atoms. The zero-order valence-electron chi connectivity index (χ0n) is 23.4. The second-order valence-electron chi connectivity index (χ2n) is 11.4. The van der Waals surface area contributed by atoms with E-state index in [2.05, 4.69) is 17.2 Å². The highest BCUT2D eigenvalue weighted by atomic mass is 19.1. The van der Waals surface area contributed by atoms with Crippen LogP contribution in [0.1, 0.15) is 90.9 Å². The van der Waals surface area contributed by atoms with Gasteiger partial charge in [-0.1, -0.05) is 30.7 Å². The van der Waals surface area contributed by atoms with E-state index in [0.717, 1.165) is 61.2 Å². The standard InChI is InChI=1S/C32H36FN5O3/c1-3-7-24-9-4-5-12-38(24)31(39)22-14-21(15-23(33)16-22)20-8-6-10-25(17-20)37-13-11-26(32(40)41)30(37)28-18-27(28)29-19-36(2)35-34-29/h6,8,10-11,13-17,19,24,27-28,32,40-41H,3-5,7,9,12,18H2,1-2H3/t24-,27-,28-/m1/s1. The van der Waals surface area contributed by atoms with Gasteiger partial charge in [-0.2, -0.15) is 0 Å². The molecule has 1 aliphatic carbocycles.